The summed E-state index contributed by atoms with van der Waals surface area (Å²) in [5, 5.41) is 8.42. The van der Waals surface area contributed by atoms with Gasteiger partial charge in [-0.25, -0.2) is 0 Å². The van der Waals surface area contributed by atoms with Gasteiger partial charge in [-0.05, 0) is 92.7 Å². The van der Waals surface area contributed by atoms with Crippen LogP contribution in [0.15, 0.2) is 48.3 Å². The minimum Gasteiger partial charge on any atom is -0.378 e. The van der Waals surface area contributed by atoms with Gasteiger partial charge in [0.25, 0.3) is 0 Å². The molecule has 2 fully saturated rings. The number of benzene rings is 1. The van der Waals surface area contributed by atoms with E-state index in [1.807, 2.05) is 6.08 Å². The van der Waals surface area contributed by atoms with E-state index < -0.39 is 5.83 Å². The summed E-state index contributed by atoms with van der Waals surface area (Å²) in [6.07, 6.45) is 15.9. The molecule has 3 heteroatoms. The minimum absolute atomic E-state index is 0.380. The van der Waals surface area contributed by atoms with E-state index in [1.54, 1.807) is 6.08 Å². The average Bonchev–Trinajstić information content (AvgIpc) is 2.79. The molecule has 0 aromatic heterocycles. The Bertz CT molecular complexity index is 714. The first kappa shape index (κ1) is 21.8. The molecule has 0 amide bonds. The largest absolute Gasteiger partial charge is 0.378 e. The summed E-state index contributed by atoms with van der Waals surface area (Å²) in [4.78, 5) is 0. The van der Waals surface area contributed by atoms with Gasteiger partial charge in [-0.15, -0.1) is 0 Å². The lowest BCUT2D eigenvalue weighted by Gasteiger charge is -2.32. The first-order valence-electron chi connectivity index (χ1n) is 11.3. The van der Waals surface area contributed by atoms with E-state index in [1.165, 1.54) is 49.0 Å². The van der Waals surface area contributed by atoms with Crippen molar-refractivity contribution in [2.45, 2.75) is 76.7 Å². The number of hydrogen-bond acceptors (Lipinski definition) is 2. The third-order valence-electron chi connectivity index (χ3n) is 6.73. The molecule has 1 aromatic carbocycles. The van der Waals surface area contributed by atoms with Gasteiger partial charge in [0, 0.05) is 6.61 Å². The first-order valence-corrected chi connectivity index (χ1v) is 11.3. The first-order chi connectivity index (χ1) is 14.2. The zero-order chi connectivity index (χ0) is 20.5. The highest BCUT2D eigenvalue weighted by Crippen LogP contribution is 2.36. The molecule has 0 spiro atoms. The van der Waals surface area contributed by atoms with Gasteiger partial charge >= 0.3 is 0 Å². The van der Waals surface area contributed by atoms with Gasteiger partial charge in [0.05, 0.1) is 6.10 Å². The van der Waals surface area contributed by atoms with Gasteiger partial charge in [-0.2, -0.15) is 9.65 Å². The van der Waals surface area contributed by atoms with Crippen LogP contribution in [0.3, 0.4) is 0 Å². The molecule has 0 unspecified atom stereocenters. The highest BCUT2D eigenvalue weighted by Gasteiger charge is 2.25. The van der Waals surface area contributed by atoms with Gasteiger partial charge < -0.3 is 4.74 Å². The second-order valence-electron chi connectivity index (χ2n) is 8.69. The predicted molar refractivity (Wildman–Crippen MR) is 116 cm³/mol. The van der Waals surface area contributed by atoms with Crippen LogP contribution >= 0.6 is 0 Å². The second-order valence-corrected chi connectivity index (χ2v) is 8.69. The normalized spacial score (nSPS) is 28.4. The van der Waals surface area contributed by atoms with E-state index in [0.29, 0.717) is 17.9 Å². The van der Waals surface area contributed by atoms with E-state index in [0.717, 1.165) is 44.6 Å². The molecule has 0 heterocycles. The molecule has 1 aromatic rings. The molecule has 2 aliphatic rings. The SMILES string of the molecule is CCc1ccc(C2CCC(COC3CCC(/C=C/C=C(\F)C#N)CC3)CC2)cc1. The van der Waals surface area contributed by atoms with E-state index in [9.17, 15) is 4.39 Å². The topological polar surface area (TPSA) is 33.0 Å². The van der Waals surface area contributed by atoms with Crippen LogP contribution in [0.4, 0.5) is 4.39 Å². The third-order valence-corrected chi connectivity index (χ3v) is 6.73. The maximum Gasteiger partial charge on any atom is 0.199 e. The quantitative estimate of drug-likeness (QED) is 0.367. The van der Waals surface area contributed by atoms with Crippen molar-refractivity contribution in [2.24, 2.45) is 11.8 Å². The van der Waals surface area contributed by atoms with E-state index in [4.69, 9.17) is 10.00 Å². The average molecular weight is 396 g/mol. The molecule has 0 atom stereocenters. The van der Waals surface area contributed by atoms with Gasteiger partial charge in [0.2, 0.25) is 0 Å². The van der Waals surface area contributed by atoms with Crippen LogP contribution in [-0.2, 0) is 11.2 Å². The highest BCUT2D eigenvalue weighted by atomic mass is 19.1. The van der Waals surface area contributed by atoms with Crippen molar-refractivity contribution in [3.8, 4) is 6.07 Å². The molecule has 0 N–H and O–H groups in total. The fourth-order valence-corrected chi connectivity index (χ4v) is 4.74. The zero-order valence-corrected chi connectivity index (χ0v) is 17.7. The Balaban J connectivity index is 1.33. The van der Waals surface area contributed by atoms with Crippen LogP contribution in [0.25, 0.3) is 0 Å². The molecular formula is C26H34FNO. The standard InChI is InChI=1S/C26H34FNO/c1-2-20-6-12-23(13-7-20)24-14-8-22(9-15-24)19-29-26-16-10-21(11-17-26)4-3-5-25(27)18-28/h3-7,12-13,21-22,24,26H,2,8-11,14-17,19H2,1H3/b4-3+,25-5-. The summed E-state index contributed by atoms with van der Waals surface area (Å²) in [6.45, 7) is 3.11. The van der Waals surface area contributed by atoms with Gasteiger partial charge in [-0.3, -0.25) is 0 Å². The van der Waals surface area contributed by atoms with Crippen LogP contribution in [0.2, 0.25) is 0 Å². The lowest BCUT2D eigenvalue weighted by atomic mass is 9.79. The van der Waals surface area contributed by atoms with E-state index in [2.05, 4.69) is 31.2 Å². The van der Waals surface area contributed by atoms with Crippen LogP contribution in [-0.4, -0.2) is 12.7 Å². The molecular weight excluding hydrogens is 361 g/mol. The van der Waals surface area contributed by atoms with Crippen LogP contribution in [0.5, 0.6) is 0 Å². The molecule has 0 bridgehead atoms. The van der Waals surface area contributed by atoms with Crippen molar-refractivity contribution >= 4 is 0 Å². The molecule has 2 saturated carbocycles. The monoisotopic (exact) mass is 395 g/mol. The number of nitrogens with zero attached hydrogens (tertiary/aromatic N) is 1. The number of ether oxygens (including phenoxy) is 1. The minimum atomic E-state index is -0.731. The highest BCUT2D eigenvalue weighted by molar-refractivity contribution is 5.25. The lowest BCUT2D eigenvalue weighted by molar-refractivity contribution is -0.00456. The summed E-state index contributed by atoms with van der Waals surface area (Å²) in [7, 11) is 0. The molecule has 2 aliphatic carbocycles. The number of rotatable bonds is 7. The number of aryl methyl sites for hydroxylation is 1. The summed E-state index contributed by atoms with van der Waals surface area (Å²) < 4.78 is 19.1. The predicted octanol–water partition coefficient (Wildman–Crippen LogP) is 7.03. The van der Waals surface area contributed by atoms with Gasteiger partial charge in [0.1, 0.15) is 6.07 Å². The zero-order valence-electron chi connectivity index (χ0n) is 17.7. The maximum absolute atomic E-state index is 12.8. The second kappa shape index (κ2) is 11.3. The van der Waals surface area contributed by atoms with Crippen molar-refractivity contribution in [2.75, 3.05) is 6.61 Å². The fourth-order valence-electron chi connectivity index (χ4n) is 4.74. The van der Waals surface area contributed by atoms with Crippen LogP contribution < -0.4 is 0 Å². The summed E-state index contributed by atoms with van der Waals surface area (Å²) in [5.74, 6) is 1.18. The van der Waals surface area contributed by atoms with E-state index >= 15 is 0 Å². The van der Waals surface area contributed by atoms with Crippen molar-refractivity contribution in [1.29, 1.82) is 5.26 Å². The van der Waals surface area contributed by atoms with Gasteiger partial charge in [0.15, 0.2) is 5.83 Å². The van der Waals surface area contributed by atoms with Gasteiger partial charge in [-0.1, -0.05) is 43.3 Å². The van der Waals surface area contributed by atoms with Crippen molar-refractivity contribution in [3.63, 3.8) is 0 Å². The molecule has 29 heavy (non-hydrogen) atoms. The smallest absolute Gasteiger partial charge is 0.199 e. The Morgan fingerprint density at radius 1 is 1.07 bits per heavy atom. The third kappa shape index (κ3) is 6.82. The molecule has 0 radical (unpaired) electrons. The van der Waals surface area contributed by atoms with Crippen molar-refractivity contribution in [3.05, 3.63) is 59.4 Å². The molecule has 3 rings (SSSR count). The number of nitriles is 1. The fraction of sp³-hybridized carbons (Fsp3) is 0.577. The van der Waals surface area contributed by atoms with Crippen LogP contribution in [0, 0.1) is 23.2 Å². The Kier molecular flexibility index (Phi) is 8.50. The summed E-state index contributed by atoms with van der Waals surface area (Å²) in [6, 6.07) is 10.7. The lowest BCUT2D eigenvalue weighted by Crippen LogP contribution is -2.25. The number of allylic oxidation sites excluding steroid dienone is 4. The number of hydrogen-bond donors (Lipinski definition) is 0. The Labute approximate surface area is 175 Å². The maximum atomic E-state index is 12.8. The Morgan fingerprint density at radius 3 is 2.38 bits per heavy atom. The molecule has 0 saturated heterocycles. The van der Waals surface area contributed by atoms with Crippen LogP contribution in [0.1, 0.15) is 75.3 Å². The molecule has 0 aliphatic heterocycles. The van der Waals surface area contributed by atoms with Crippen molar-refractivity contribution < 1.29 is 9.13 Å². The Hall–Kier alpha value is -1.92. The molecule has 156 valence electrons. The summed E-state index contributed by atoms with van der Waals surface area (Å²) >= 11 is 0. The molecule has 2 nitrogen and oxygen atoms in total. The summed E-state index contributed by atoms with van der Waals surface area (Å²) in [5.41, 5.74) is 2.93. The van der Waals surface area contributed by atoms with Crippen molar-refractivity contribution in [1.82, 2.24) is 0 Å². The Morgan fingerprint density at radius 2 is 1.76 bits per heavy atom. The number of halogens is 1. The van der Waals surface area contributed by atoms with E-state index in [-0.39, 0.29) is 0 Å².